The number of carbonyl (C=O) groups excluding carboxylic acids is 1. The first-order valence-corrected chi connectivity index (χ1v) is 6.83. The molecule has 0 bridgehead atoms. The van der Waals surface area contributed by atoms with Crippen molar-refractivity contribution in [3.05, 3.63) is 32.2 Å². The van der Waals surface area contributed by atoms with Crippen molar-refractivity contribution >= 4 is 60.7 Å². The van der Waals surface area contributed by atoms with Crippen LogP contribution in [0.25, 0.3) is 0 Å². The lowest BCUT2D eigenvalue weighted by atomic mass is 10.3. The van der Waals surface area contributed by atoms with Crippen LogP contribution in [0.3, 0.4) is 0 Å². The summed E-state index contributed by atoms with van der Waals surface area (Å²) in [5.74, 6) is -0.315. The highest BCUT2D eigenvalue weighted by atomic mass is 79.9. The summed E-state index contributed by atoms with van der Waals surface area (Å²) in [6, 6.07) is 3.42. The van der Waals surface area contributed by atoms with Crippen molar-refractivity contribution in [3.63, 3.8) is 0 Å². The van der Waals surface area contributed by atoms with E-state index in [1.807, 2.05) is 0 Å². The molecule has 0 aliphatic carbocycles. The van der Waals surface area contributed by atoms with Crippen molar-refractivity contribution < 1.29 is 4.79 Å². The number of aromatic nitrogens is 2. The third-order valence-corrected chi connectivity index (χ3v) is 3.65. The normalized spacial score (nSPS) is 10.2. The van der Waals surface area contributed by atoms with E-state index in [1.54, 1.807) is 17.5 Å². The Kier molecular flexibility index (Phi) is 3.75. The van der Waals surface area contributed by atoms with E-state index in [4.69, 9.17) is 5.73 Å². The number of anilines is 2. The number of nitrogens with one attached hydrogen (secondary N) is 1. The topological polar surface area (TPSA) is 80.9 Å². The zero-order valence-corrected chi connectivity index (χ0v) is 12.3. The van der Waals surface area contributed by atoms with Crippen molar-refractivity contribution in [2.24, 2.45) is 0 Å². The van der Waals surface area contributed by atoms with Gasteiger partial charge in [-0.05, 0) is 55.5 Å². The van der Waals surface area contributed by atoms with Crippen LogP contribution >= 0.6 is 43.4 Å². The quantitative estimate of drug-likeness (QED) is 0.788. The fraction of sp³-hybridized carbons (Fsp3) is 0. The van der Waals surface area contributed by atoms with Gasteiger partial charge in [-0.2, -0.15) is 0 Å². The molecule has 0 atom stereocenters. The van der Waals surface area contributed by atoms with Gasteiger partial charge in [-0.1, -0.05) is 4.49 Å². The largest absolute Gasteiger partial charge is 0.399 e. The van der Waals surface area contributed by atoms with E-state index >= 15 is 0 Å². The summed E-state index contributed by atoms with van der Waals surface area (Å²) in [6.45, 7) is 0. The summed E-state index contributed by atoms with van der Waals surface area (Å²) >= 11 is 7.79. The van der Waals surface area contributed by atoms with Crippen LogP contribution in [-0.2, 0) is 0 Å². The van der Waals surface area contributed by atoms with Crippen molar-refractivity contribution in [2.75, 3.05) is 11.1 Å². The predicted molar refractivity (Wildman–Crippen MR) is 74.1 cm³/mol. The van der Waals surface area contributed by atoms with Gasteiger partial charge in [0.05, 0.1) is 5.69 Å². The number of hydrogen-bond acceptors (Lipinski definition) is 5. The van der Waals surface area contributed by atoms with E-state index in [0.29, 0.717) is 20.3 Å². The maximum atomic E-state index is 11.8. The number of benzene rings is 1. The molecule has 1 aromatic heterocycles. The van der Waals surface area contributed by atoms with Gasteiger partial charge < -0.3 is 11.1 Å². The first-order valence-electron chi connectivity index (χ1n) is 4.41. The lowest BCUT2D eigenvalue weighted by molar-refractivity contribution is 0.102. The van der Waals surface area contributed by atoms with E-state index in [9.17, 15) is 4.79 Å². The minimum absolute atomic E-state index is 0.283. The maximum Gasteiger partial charge on any atom is 0.277 e. The molecule has 5 nitrogen and oxygen atoms in total. The number of halogens is 2. The molecule has 0 spiro atoms. The molecule has 0 aliphatic rings. The molecule has 0 saturated carbocycles. The highest BCUT2D eigenvalue weighted by molar-refractivity contribution is 9.11. The molecule has 0 fully saturated rings. The third-order valence-electron chi connectivity index (χ3n) is 1.90. The van der Waals surface area contributed by atoms with E-state index in [2.05, 4.69) is 46.8 Å². The molecule has 8 heteroatoms. The maximum absolute atomic E-state index is 11.8. The van der Waals surface area contributed by atoms with Crippen LogP contribution in [0.1, 0.15) is 10.5 Å². The molecule has 0 saturated heterocycles. The Morgan fingerprint density at radius 1 is 1.35 bits per heavy atom. The van der Waals surface area contributed by atoms with Crippen molar-refractivity contribution in [3.8, 4) is 0 Å². The van der Waals surface area contributed by atoms with Crippen LogP contribution in [0.2, 0.25) is 0 Å². The average Bonchev–Trinajstić information content (AvgIpc) is 2.76. The van der Waals surface area contributed by atoms with E-state index in [1.165, 1.54) is 0 Å². The molecule has 1 aromatic carbocycles. The number of nitrogens with two attached hydrogens (primary N) is 1. The Balaban J connectivity index is 2.28. The summed E-state index contributed by atoms with van der Waals surface area (Å²) in [7, 11) is 0. The lowest BCUT2D eigenvalue weighted by Gasteiger charge is -2.09. The zero-order valence-electron chi connectivity index (χ0n) is 8.28. The molecule has 0 unspecified atom stereocenters. The van der Waals surface area contributed by atoms with Crippen LogP contribution in [0.5, 0.6) is 0 Å². The monoisotopic (exact) mass is 376 g/mol. The van der Waals surface area contributed by atoms with Gasteiger partial charge in [0, 0.05) is 20.0 Å². The standard InChI is InChI=1S/C9H6Br2N4OS/c10-5-1-4(12)2-6(11)8(5)13-9(16)7-3-17-15-14-7/h1-3H,12H2,(H,13,16). The molecule has 88 valence electrons. The van der Waals surface area contributed by atoms with Crippen LogP contribution in [0.4, 0.5) is 11.4 Å². The lowest BCUT2D eigenvalue weighted by Crippen LogP contribution is -2.13. The first-order chi connectivity index (χ1) is 8.08. The van der Waals surface area contributed by atoms with Crippen LogP contribution in [-0.4, -0.2) is 15.5 Å². The fourth-order valence-corrected chi connectivity index (χ4v) is 3.01. The predicted octanol–water partition coefficient (Wildman–Crippen LogP) is 2.90. The molecule has 3 N–H and O–H groups in total. The van der Waals surface area contributed by atoms with Crippen molar-refractivity contribution in [1.82, 2.24) is 9.59 Å². The number of hydrogen-bond donors (Lipinski definition) is 2. The second-order valence-electron chi connectivity index (χ2n) is 3.10. The van der Waals surface area contributed by atoms with Gasteiger partial charge in [0.15, 0.2) is 5.69 Å². The summed E-state index contributed by atoms with van der Waals surface area (Å²) in [5.41, 5.74) is 7.15. The van der Waals surface area contributed by atoms with Crippen molar-refractivity contribution in [2.45, 2.75) is 0 Å². The number of nitrogens with zero attached hydrogens (tertiary/aromatic N) is 2. The smallest absolute Gasteiger partial charge is 0.277 e. The molecule has 2 rings (SSSR count). The van der Waals surface area contributed by atoms with Crippen molar-refractivity contribution in [1.29, 1.82) is 0 Å². The van der Waals surface area contributed by atoms with Gasteiger partial charge in [-0.25, -0.2) is 0 Å². The molecule has 2 aromatic rings. The van der Waals surface area contributed by atoms with Crippen LogP contribution < -0.4 is 11.1 Å². The van der Waals surface area contributed by atoms with Gasteiger partial charge >= 0.3 is 0 Å². The Morgan fingerprint density at radius 2 is 2.00 bits per heavy atom. The summed E-state index contributed by atoms with van der Waals surface area (Å²) in [5, 5.41) is 7.99. The van der Waals surface area contributed by atoms with Gasteiger partial charge in [-0.15, -0.1) is 5.10 Å². The Labute approximate surface area is 118 Å². The number of nitrogen functional groups attached to an aromatic ring is 1. The third kappa shape index (κ3) is 2.82. The van der Waals surface area contributed by atoms with Gasteiger partial charge in [0.25, 0.3) is 5.91 Å². The zero-order chi connectivity index (χ0) is 12.4. The Bertz CT molecular complexity index is 535. The second kappa shape index (κ2) is 5.11. The molecule has 17 heavy (non-hydrogen) atoms. The van der Waals surface area contributed by atoms with E-state index < -0.39 is 0 Å². The molecule has 1 heterocycles. The summed E-state index contributed by atoms with van der Waals surface area (Å²) < 4.78 is 5.02. The van der Waals surface area contributed by atoms with E-state index in [0.717, 1.165) is 11.5 Å². The molecule has 0 aliphatic heterocycles. The van der Waals surface area contributed by atoms with Gasteiger partial charge in [0.1, 0.15) is 0 Å². The molecular formula is C9H6Br2N4OS. The first kappa shape index (κ1) is 12.5. The minimum atomic E-state index is -0.315. The minimum Gasteiger partial charge on any atom is -0.399 e. The summed E-state index contributed by atoms with van der Waals surface area (Å²) in [4.78, 5) is 11.8. The fourth-order valence-electron chi connectivity index (χ4n) is 1.15. The average molecular weight is 378 g/mol. The molecule has 0 radical (unpaired) electrons. The van der Waals surface area contributed by atoms with E-state index in [-0.39, 0.29) is 11.6 Å². The highest BCUT2D eigenvalue weighted by Gasteiger charge is 2.13. The summed E-state index contributed by atoms with van der Waals surface area (Å²) in [6.07, 6.45) is 0. The van der Waals surface area contributed by atoms with Crippen LogP contribution in [0, 0.1) is 0 Å². The Morgan fingerprint density at radius 3 is 2.53 bits per heavy atom. The molecular weight excluding hydrogens is 372 g/mol. The highest BCUT2D eigenvalue weighted by Crippen LogP contribution is 2.33. The Hall–Kier alpha value is -0.990. The molecule has 1 amide bonds. The number of rotatable bonds is 2. The number of carbonyl (C=O) groups is 1. The van der Waals surface area contributed by atoms with Crippen LogP contribution in [0.15, 0.2) is 26.5 Å². The SMILES string of the molecule is Nc1cc(Br)c(NC(=O)c2csnn2)c(Br)c1. The van der Waals surface area contributed by atoms with Gasteiger partial charge in [0.2, 0.25) is 0 Å². The van der Waals surface area contributed by atoms with Gasteiger partial charge in [-0.3, -0.25) is 4.79 Å². The number of amides is 1. The second-order valence-corrected chi connectivity index (χ2v) is 5.42.